The highest BCUT2D eigenvalue weighted by Gasteiger charge is 2.23. The first-order valence-electron chi connectivity index (χ1n) is 8.69. The Kier molecular flexibility index (Phi) is 7.18. The molecule has 0 N–H and O–H groups in total. The summed E-state index contributed by atoms with van der Waals surface area (Å²) in [7, 11) is -8.23. The third-order valence-corrected chi connectivity index (χ3v) is 6.69. The molecule has 0 fully saturated rings. The third kappa shape index (κ3) is 6.11. The Hall–Kier alpha value is -2.26. The molecule has 0 aliphatic heterocycles. The van der Waals surface area contributed by atoms with Crippen molar-refractivity contribution in [1.82, 2.24) is 0 Å². The molecule has 0 amide bonds. The first kappa shape index (κ1) is 23.0. The van der Waals surface area contributed by atoms with Gasteiger partial charge >= 0.3 is 0 Å². The molecular weight excluding hydrogens is 421 g/mol. The van der Waals surface area contributed by atoms with Crippen LogP contribution in [-0.4, -0.2) is 26.1 Å². The Bertz CT molecular complexity index is 1040. The molecule has 9 nitrogen and oxygen atoms in total. The highest BCUT2D eigenvalue weighted by Crippen LogP contribution is 2.42. The number of nitro benzene ring substituents is 1. The molecule has 0 aromatic heterocycles. The van der Waals surface area contributed by atoms with Gasteiger partial charge < -0.3 is 9.42 Å². The number of hydrogen-bond donors (Lipinski definition) is 0. The molecule has 2 aromatic carbocycles. The van der Waals surface area contributed by atoms with E-state index in [0.717, 1.165) is 17.7 Å². The molecule has 0 bridgehead atoms. The number of aryl methyl sites for hydroxylation is 1. The van der Waals surface area contributed by atoms with Crippen LogP contribution in [0.15, 0.2) is 47.4 Å². The summed E-state index contributed by atoms with van der Waals surface area (Å²) >= 11 is 0. The van der Waals surface area contributed by atoms with Crippen LogP contribution in [0.5, 0.6) is 5.75 Å². The Morgan fingerprint density at radius 1 is 1.17 bits per heavy atom. The number of nitro groups is 1. The molecular formula is C18H21NO8PS-. The number of benzene rings is 2. The summed E-state index contributed by atoms with van der Waals surface area (Å²) in [4.78, 5) is 22.3. The van der Waals surface area contributed by atoms with Gasteiger partial charge in [0.05, 0.1) is 16.4 Å². The van der Waals surface area contributed by atoms with Gasteiger partial charge in [-0.25, -0.2) is 0 Å². The van der Waals surface area contributed by atoms with Gasteiger partial charge in [0.1, 0.15) is 5.75 Å². The van der Waals surface area contributed by atoms with Crippen LogP contribution < -0.4 is 9.42 Å². The van der Waals surface area contributed by atoms with Crippen LogP contribution in [0.4, 0.5) is 5.69 Å². The summed E-state index contributed by atoms with van der Waals surface area (Å²) in [6.07, 6.45) is -0.268. The van der Waals surface area contributed by atoms with Crippen molar-refractivity contribution in [3.63, 3.8) is 0 Å². The lowest BCUT2D eigenvalue weighted by molar-refractivity contribution is -0.385. The summed E-state index contributed by atoms with van der Waals surface area (Å²) in [6.45, 7) is 4.41. The molecule has 0 spiro atoms. The zero-order chi connectivity index (χ0) is 21.8. The van der Waals surface area contributed by atoms with Crippen molar-refractivity contribution in [1.29, 1.82) is 0 Å². The lowest BCUT2D eigenvalue weighted by Gasteiger charge is -2.25. The van der Waals surface area contributed by atoms with E-state index in [1.165, 1.54) is 25.1 Å². The smallest absolute Gasteiger partial charge is 0.296 e. The van der Waals surface area contributed by atoms with Gasteiger partial charge in [-0.1, -0.05) is 31.5 Å². The Balaban J connectivity index is 2.29. The summed E-state index contributed by atoms with van der Waals surface area (Å²) in [5.74, 6) is -0.804. The molecule has 0 saturated heterocycles. The van der Waals surface area contributed by atoms with Crippen molar-refractivity contribution >= 4 is 23.4 Å². The van der Waals surface area contributed by atoms with Crippen molar-refractivity contribution in [2.45, 2.75) is 31.6 Å². The van der Waals surface area contributed by atoms with Gasteiger partial charge in [-0.05, 0) is 25.1 Å². The van der Waals surface area contributed by atoms with Crippen LogP contribution in [0.3, 0.4) is 0 Å². The molecule has 0 heterocycles. The van der Waals surface area contributed by atoms with E-state index >= 15 is 0 Å². The zero-order valence-electron chi connectivity index (χ0n) is 16.1. The Labute approximate surface area is 169 Å². The second-order valence-corrected chi connectivity index (χ2v) is 10.1. The van der Waals surface area contributed by atoms with Crippen molar-refractivity contribution in [2.24, 2.45) is 0 Å². The van der Waals surface area contributed by atoms with E-state index in [4.69, 9.17) is 8.71 Å². The molecule has 0 aliphatic carbocycles. The molecule has 0 saturated carbocycles. The van der Waals surface area contributed by atoms with Crippen LogP contribution in [-0.2, 0) is 18.9 Å². The van der Waals surface area contributed by atoms with Crippen molar-refractivity contribution in [3.05, 3.63) is 63.7 Å². The quantitative estimate of drug-likeness (QED) is 0.250. The zero-order valence-corrected chi connectivity index (χ0v) is 17.8. The lowest BCUT2D eigenvalue weighted by atomic mass is 10.0. The topological polar surface area (TPSA) is 136 Å². The van der Waals surface area contributed by atoms with E-state index in [1.54, 1.807) is 19.1 Å². The SMILES string of the molecule is CCP(=O)([O-])Oc1ccc([N+](=O)[O-])cc1C(C)COS(=O)(=O)c1ccc(C)cc1. The van der Waals surface area contributed by atoms with Crippen LogP contribution in [0.25, 0.3) is 0 Å². The molecule has 2 rings (SSSR count). The fourth-order valence-electron chi connectivity index (χ4n) is 2.39. The lowest BCUT2D eigenvalue weighted by Crippen LogP contribution is -2.14. The maximum Gasteiger partial charge on any atom is 0.296 e. The van der Waals surface area contributed by atoms with Crippen LogP contribution >= 0.6 is 7.60 Å². The Morgan fingerprint density at radius 2 is 1.79 bits per heavy atom. The first-order chi connectivity index (χ1) is 13.4. The fourth-order valence-corrected chi connectivity index (χ4v) is 3.97. The number of nitrogens with zero attached hydrogens (tertiary/aromatic N) is 1. The minimum atomic E-state index is -4.18. The fraction of sp³-hybridized carbons (Fsp3) is 0.333. The van der Waals surface area contributed by atoms with E-state index in [9.17, 15) is 28.0 Å². The second-order valence-electron chi connectivity index (χ2n) is 6.45. The maximum absolute atomic E-state index is 12.4. The van der Waals surface area contributed by atoms with E-state index in [-0.39, 0.29) is 34.7 Å². The number of rotatable bonds is 9. The normalized spacial score (nSPS) is 14.8. The molecule has 0 radical (unpaired) electrons. The first-order valence-corrected chi connectivity index (χ1v) is 11.8. The monoisotopic (exact) mass is 442 g/mol. The van der Waals surface area contributed by atoms with Gasteiger partial charge in [0.2, 0.25) is 0 Å². The standard InChI is InChI=1S/C18H22NO8PS/c1-4-28(22,23)27-18-10-7-15(19(20)21)11-17(18)14(3)12-26-29(24,25)16-8-5-13(2)6-9-16/h5-11,14H,4,12H2,1-3H3,(H,22,23)/p-1. The molecule has 29 heavy (non-hydrogen) atoms. The number of non-ortho nitro benzene ring substituents is 1. The molecule has 158 valence electrons. The van der Waals surface area contributed by atoms with E-state index in [2.05, 4.69) is 0 Å². The summed E-state index contributed by atoms with van der Waals surface area (Å²) in [6, 6.07) is 9.52. The second kappa shape index (κ2) is 9.04. The van der Waals surface area contributed by atoms with E-state index in [1.807, 2.05) is 6.92 Å². The highest BCUT2D eigenvalue weighted by molar-refractivity contribution is 7.86. The van der Waals surface area contributed by atoms with Gasteiger partial charge in [0.15, 0.2) is 7.60 Å². The predicted octanol–water partition coefficient (Wildman–Crippen LogP) is 3.36. The molecule has 2 aromatic rings. The summed E-state index contributed by atoms with van der Waals surface area (Å²) in [5.41, 5.74) is 0.759. The van der Waals surface area contributed by atoms with Gasteiger partial charge in [0.25, 0.3) is 15.8 Å². The van der Waals surface area contributed by atoms with Crippen molar-refractivity contribution < 1.29 is 31.5 Å². The largest absolute Gasteiger partial charge is 0.769 e. The molecule has 0 aliphatic rings. The summed E-state index contributed by atoms with van der Waals surface area (Å²) < 4.78 is 46.7. The van der Waals surface area contributed by atoms with Gasteiger partial charge in [-0.15, -0.1) is 0 Å². The van der Waals surface area contributed by atoms with Gasteiger partial charge in [0, 0.05) is 29.8 Å². The van der Waals surface area contributed by atoms with Crippen LogP contribution in [0.2, 0.25) is 0 Å². The molecule has 2 unspecified atom stereocenters. The average molecular weight is 442 g/mol. The predicted molar refractivity (Wildman–Crippen MR) is 105 cm³/mol. The van der Waals surface area contributed by atoms with Gasteiger partial charge in [-0.2, -0.15) is 8.42 Å². The van der Waals surface area contributed by atoms with Crippen molar-refractivity contribution in [3.8, 4) is 5.75 Å². The van der Waals surface area contributed by atoms with Crippen LogP contribution in [0.1, 0.15) is 30.9 Å². The molecule has 11 heteroatoms. The molecule has 2 atom stereocenters. The maximum atomic E-state index is 12.4. The van der Waals surface area contributed by atoms with E-state index in [0.29, 0.717) is 0 Å². The average Bonchev–Trinajstić information content (AvgIpc) is 2.66. The van der Waals surface area contributed by atoms with Gasteiger partial charge in [-0.3, -0.25) is 18.9 Å². The number of hydrogen-bond acceptors (Lipinski definition) is 8. The van der Waals surface area contributed by atoms with E-state index < -0.39 is 28.6 Å². The minimum Gasteiger partial charge on any atom is -0.769 e. The van der Waals surface area contributed by atoms with Crippen LogP contribution in [0, 0.1) is 17.0 Å². The summed E-state index contributed by atoms with van der Waals surface area (Å²) in [5, 5.41) is 11.1. The Morgan fingerprint density at radius 3 is 2.34 bits per heavy atom. The minimum absolute atomic E-state index is 0.0270. The third-order valence-electron chi connectivity index (χ3n) is 4.14. The van der Waals surface area contributed by atoms with Crippen molar-refractivity contribution in [2.75, 3.05) is 12.8 Å². The highest BCUT2D eigenvalue weighted by atomic mass is 32.2.